The van der Waals surface area contributed by atoms with Crippen LogP contribution in [0.3, 0.4) is 0 Å². The number of benzene rings is 1. The minimum Gasteiger partial charge on any atom is -0.392 e. The van der Waals surface area contributed by atoms with Crippen LogP contribution in [-0.4, -0.2) is 21.3 Å². The highest BCUT2D eigenvalue weighted by Crippen LogP contribution is 2.11. The van der Waals surface area contributed by atoms with E-state index in [9.17, 15) is 0 Å². The van der Waals surface area contributed by atoms with Crippen molar-refractivity contribution in [3.8, 4) is 5.69 Å². The third kappa shape index (κ3) is 2.33. The second-order valence-electron chi connectivity index (χ2n) is 3.15. The molecule has 0 radical (unpaired) electrons. The first-order valence-electron chi connectivity index (χ1n) is 4.76. The largest absolute Gasteiger partial charge is 0.392 e. The lowest BCUT2D eigenvalue weighted by atomic mass is 10.2. The molecule has 0 bridgehead atoms. The molecule has 0 spiro atoms. The molecule has 0 saturated heterocycles. The summed E-state index contributed by atoms with van der Waals surface area (Å²) in [5.74, 6) is 0. The minimum atomic E-state index is 0.0648. The van der Waals surface area contributed by atoms with Crippen LogP contribution in [0.2, 0.25) is 0 Å². The number of aliphatic hydroxyl groups is 1. The zero-order valence-electron chi connectivity index (χ0n) is 8.24. The molecule has 1 aromatic carbocycles. The normalized spacial score (nSPS) is 11.0. The van der Waals surface area contributed by atoms with Gasteiger partial charge >= 0.3 is 0 Å². The molecule has 0 amide bonds. The summed E-state index contributed by atoms with van der Waals surface area (Å²) in [5.41, 5.74) is 2.13. The molecule has 0 atom stereocenters. The van der Waals surface area contributed by atoms with Gasteiger partial charge in [0.25, 0.3) is 0 Å². The first-order valence-corrected chi connectivity index (χ1v) is 4.76. The standard InChI is InChI=1S/C12H12N2O/c15-8-2-4-11-3-1-5-12(9-11)14-7-6-13-10-14/h1-7,9-10,15H,8H2. The molecular formula is C12H12N2O. The molecule has 0 aliphatic heterocycles. The molecule has 1 heterocycles. The van der Waals surface area contributed by atoms with Crippen LogP contribution < -0.4 is 0 Å². The summed E-state index contributed by atoms with van der Waals surface area (Å²) < 4.78 is 1.94. The molecule has 76 valence electrons. The van der Waals surface area contributed by atoms with Gasteiger partial charge in [0.15, 0.2) is 0 Å². The molecule has 0 fully saturated rings. The van der Waals surface area contributed by atoms with Crippen molar-refractivity contribution in [3.05, 3.63) is 54.6 Å². The van der Waals surface area contributed by atoms with Crippen LogP contribution in [-0.2, 0) is 0 Å². The van der Waals surface area contributed by atoms with Crippen molar-refractivity contribution < 1.29 is 5.11 Å². The minimum absolute atomic E-state index is 0.0648. The van der Waals surface area contributed by atoms with Gasteiger partial charge in [0, 0.05) is 18.1 Å². The first-order chi connectivity index (χ1) is 7.40. The van der Waals surface area contributed by atoms with Crippen molar-refractivity contribution in [2.45, 2.75) is 0 Å². The van der Waals surface area contributed by atoms with E-state index >= 15 is 0 Å². The predicted molar refractivity (Wildman–Crippen MR) is 59.7 cm³/mol. The average Bonchev–Trinajstić information content (AvgIpc) is 2.80. The van der Waals surface area contributed by atoms with Crippen LogP contribution in [0.25, 0.3) is 11.8 Å². The molecule has 15 heavy (non-hydrogen) atoms. The summed E-state index contributed by atoms with van der Waals surface area (Å²) >= 11 is 0. The number of aliphatic hydroxyl groups excluding tert-OH is 1. The second-order valence-corrected chi connectivity index (χ2v) is 3.15. The van der Waals surface area contributed by atoms with Gasteiger partial charge in [-0.05, 0) is 17.7 Å². The lowest BCUT2D eigenvalue weighted by Gasteiger charge is -2.02. The van der Waals surface area contributed by atoms with E-state index in [0.717, 1.165) is 11.3 Å². The number of aromatic nitrogens is 2. The Morgan fingerprint density at radius 1 is 1.40 bits per heavy atom. The Hall–Kier alpha value is -1.87. The van der Waals surface area contributed by atoms with E-state index in [0.29, 0.717) is 0 Å². The van der Waals surface area contributed by atoms with Crippen LogP contribution in [0.15, 0.2) is 49.1 Å². The molecular weight excluding hydrogens is 188 g/mol. The summed E-state index contributed by atoms with van der Waals surface area (Å²) in [7, 11) is 0. The van der Waals surface area contributed by atoms with Crippen LogP contribution in [0, 0.1) is 0 Å². The Balaban J connectivity index is 2.31. The van der Waals surface area contributed by atoms with Gasteiger partial charge in [0.05, 0.1) is 12.9 Å². The fourth-order valence-electron chi connectivity index (χ4n) is 1.39. The lowest BCUT2D eigenvalue weighted by molar-refractivity contribution is 0.343. The van der Waals surface area contributed by atoms with E-state index in [1.165, 1.54) is 0 Å². The van der Waals surface area contributed by atoms with Gasteiger partial charge in [-0.1, -0.05) is 24.3 Å². The van der Waals surface area contributed by atoms with Crippen LogP contribution >= 0.6 is 0 Å². The van der Waals surface area contributed by atoms with Gasteiger partial charge in [-0.25, -0.2) is 4.98 Å². The Kier molecular flexibility index (Phi) is 2.95. The van der Waals surface area contributed by atoms with Crippen molar-refractivity contribution in [1.29, 1.82) is 0 Å². The Morgan fingerprint density at radius 2 is 2.33 bits per heavy atom. The van der Waals surface area contributed by atoms with E-state index in [1.54, 1.807) is 18.6 Å². The summed E-state index contributed by atoms with van der Waals surface area (Å²) in [4.78, 5) is 4.00. The lowest BCUT2D eigenvalue weighted by Crippen LogP contribution is -1.89. The highest BCUT2D eigenvalue weighted by atomic mass is 16.2. The summed E-state index contributed by atoms with van der Waals surface area (Å²) in [6.45, 7) is 0.0648. The fraction of sp³-hybridized carbons (Fsp3) is 0.0833. The van der Waals surface area contributed by atoms with E-state index in [-0.39, 0.29) is 6.61 Å². The highest BCUT2D eigenvalue weighted by molar-refractivity contribution is 5.53. The maximum atomic E-state index is 8.68. The molecule has 3 nitrogen and oxygen atoms in total. The maximum absolute atomic E-state index is 8.68. The Labute approximate surface area is 88.3 Å². The predicted octanol–water partition coefficient (Wildman–Crippen LogP) is 1.88. The molecule has 3 heteroatoms. The topological polar surface area (TPSA) is 38.0 Å². The Morgan fingerprint density at radius 3 is 3.07 bits per heavy atom. The molecule has 0 unspecified atom stereocenters. The SMILES string of the molecule is OCC=Cc1cccc(-n2ccnc2)c1. The van der Waals surface area contributed by atoms with Gasteiger partial charge in [0.1, 0.15) is 0 Å². The van der Waals surface area contributed by atoms with Gasteiger partial charge in [-0.15, -0.1) is 0 Å². The molecule has 1 N–H and O–H groups in total. The van der Waals surface area contributed by atoms with Gasteiger partial charge in [-0.3, -0.25) is 0 Å². The van der Waals surface area contributed by atoms with Crippen LogP contribution in [0.4, 0.5) is 0 Å². The van der Waals surface area contributed by atoms with Gasteiger partial charge in [0.2, 0.25) is 0 Å². The second kappa shape index (κ2) is 4.57. The van der Waals surface area contributed by atoms with E-state index in [4.69, 9.17) is 5.11 Å². The van der Waals surface area contributed by atoms with Gasteiger partial charge < -0.3 is 9.67 Å². The quantitative estimate of drug-likeness (QED) is 0.821. The van der Waals surface area contributed by atoms with Crippen molar-refractivity contribution >= 4 is 6.08 Å². The molecule has 0 aliphatic rings. The summed E-state index contributed by atoms with van der Waals surface area (Å²) in [5, 5.41) is 8.68. The van der Waals surface area contributed by atoms with E-state index < -0.39 is 0 Å². The molecule has 0 aliphatic carbocycles. The zero-order chi connectivity index (χ0) is 10.5. The number of rotatable bonds is 3. The third-order valence-electron chi connectivity index (χ3n) is 2.09. The van der Waals surface area contributed by atoms with Crippen LogP contribution in [0.1, 0.15) is 5.56 Å². The van der Waals surface area contributed by atoms with Crippen molar-refractivity contribution in [2.75, 3.05) is 6.61 Å². The monoisotopic (exact) mass is 200 g/mol. The zero-order valence-corrected chi connectivity index (χ0v) is 8.24. The number of nitrogens with zero attached hydrogens (tertiary/aromatic N) is 2. The van der Waals surface area contributed by atoms with Crippen molar-refractivity contribution in [3.63, 3.8) is 0 Å². The first kappa shape index (κ1) is 9.68. The number of imidazole rings is 1. The van der Waals surface area contributed by atoms with E-state index in [2.05, 4.69) is 4.98 Å². The smallest absolute Gasteiger partial charge is 0.0991 e. The number of hydrogen-bond donors (Lipinski definition) is 1. The molecule has 2 rings (SSSR count). The maximum Gasteiger partial charge on any atom is 0.0991 e. The van der Waals surface area contributed by atoms with Crippen molar-refractivity contribution in [1.82, 2.24) is 9.55 Å². The molecule has 0 saturated carbocycles. The summed E-state index contributed by atoms with van der Waals surface area (Å²) in [6, 6.07) is 8.02. The van der Waals surface area contributed by atoms with E-state index in [1.807, 2.05) is 41.1 Å². The summed E-state index contributed by atoms with van der Waals surface area (Å²) in [6.07, 6.45) is 9.01. The highest BCUT2D eigenvalue weighted by Gasteiger charge is 1.94. The Bertz CT molecular complexity index is 446. The fourth-order valence-corrected chi connectivity index (χ4v) is 1.39. The van der Waals surface area contributed by atoms with Crippen LogP contribution in [0.5, 0.6) is 0 Å². The average molecular weight is 200 g/mol. The number of hydrogen-bond acceptors (Lipinski definition) is 2. The third-order valence-corrected chi connectivity index (χ3v) is 2.09. The molecule has 1 aromatic heterocycles. The molecule has 2 aromatic rings. The van der Waals surface area contributed by atoms with Crippen molar-refractivity contribution in [2.24, 2.45) is 0 Å². The van der Waals surface area contributed by atoms with Gasteiger partial charge in [-0.2, -0.15) is 0 Å².